The quantitative estimate of drug-likeness (QED) is 0.804. The second kappa shape index (κ2) is 5.58. The summed E-state index contributed by atoms with van der Waals surface area (Å²) in [5, 5.41) is 9.79. The molecule has 0 aromatic heterocycles. The third-order valence-corrected chi connectivity index (χ3v) is 2.88. The standard InChI is InChI=1S/C15H15NO2/c16-14(10-17)15(18)13-8-6-12(7-9-13)11-4-2-1-3-5-11/h1-10,14-15,18H,16H2. The van der Waals surface area contributed by atoms with Gasteiger partial charge in [0, 0.05) is 0 Å². The van der Waals surface area contributed by atoms with E-state index in [0.717, 1.165) is 11.1 Å². The zero-order valence-corrected chi connectivity index (χ0v) is 9.86. The average Bonchev–Trinajstić information content (AvgIpc) is 2.47. The number of aldehydes is 1. The summed E-state index contributed by atoms with van der Waals surface area (Å²) < 4.78 is 0. The van der Waals surface area contributed by atoms with Crippen LogP contribution in [0.2, 0.25) is 0 Å². The van der Waals surface area contributed by atoms with Crippen molar-refractivity contribution in [3.8, 4) is 11.1 Å². The SMILES string of the molecule is NC(C=O)C(O)c1ccc(-c2ccccc2)cc1. The molecule has 2 aromatic carbocycles. The predicted molar refractivity (Wildman–Crippen MR) is 70.9 cm³/mol. The first-order chi connectivity index (χ1) is 8.72. The van der Waals surface area contributed by atoms with Crippen LogP contribution in [0.25, 0.3) is 11.1 Å². The molecule has 3 heteroatoms. The first-order valence-electron chi connectivity index (χ1n) is 5.76. The minimum atomic E-state index is -0.952. The van der Waals surface area contributed by atoms with Crippen LogP contribution in [-0.4, -0.2) is 17.4 Å². The van der Waals surface area contributed by atoms with Gasteiger partial charge in [-0.2, -0.15) is 0 Å². The Morgan fingerprint density at radius 3 is 2.06 bits per heavy atom. The summed E-state index contributed by atoms with van der Waals surface area (Å²) in [4.78, 5) is 10.5. The number of rotatable bonds is 4. The van der Waals surface area contributed by atoms with Crippen LogP contribution < -0.4 is 5.73 Å². The van der Waals surface area contributed by atoms with Crippen LogP contribution in [0.1, 0.15) is 11.7 Å². The number of carbonyl (C=O) groups is 1. The van der Waals surface area contributed by atoms with E-state index in [0.29, 0.717) is 11.8 Å². The molecule has 0 saturated heterocycles. The zero-order valence-electron chi connectivity index (χ0n) is 9.86. The maximum Gasteiger partial charge on any atom is 0.139 e. The van der Waals surface area contributed by atoms with Gasteiger partial charge in [-0.05, 0) is 16.7 Å². The molecule has 0 saturated carbocycles. The van der Waals surface area contributed by atoms with Crippen molar-refractivity contribution in [3.05, 3.63) is 60.2 Å². The minimum Gasteiger partial charge on any atom is -0.386 e. The van der Waals surface area contributed by atoms with Gasteiger partial charge in [-0.25, -0.2) is 0 Å². The monoisotopic (exact) mass is 241 g/mol. The van der Waals surface area contributed by atoms with E-state index < -0.39 is 12.1 Å². The summed E-state index contributed by atoms with van der Waals surface area (Å²) in [5.74, 6) is 0. The Hall–Kier alpha value is -1.97. The number of aliphatic hydroxyl groups is 1. The lowest BCUT2D eigenvalue weighted by Crippen LogP contribution is -2.29. The van der Waals surface area contributed by atoms with E-state index in [4.69, 9.17) is 5.73 Å². The van der Waals surface area contributed by atoms with Gasteiger partial charge in [0.15, 0.2) is 0 Å². The van der Waals surface area contributed by atoms with Gasteiger partial charge in [0.05, 0.1) is 6.04 Å². The van der Waals surface area contributed by atoms with Gasteiger partial charge in [0.25, 0.3) is 0 Å². The van der Waals surface area contributed by atoms with Gasteiger partial charge in [-0.15, -0.1) is 0 Å². The molecule has 0 radical (unpaired) electrons. The highest BCUT2D eigenvalue weighted by Crippen LogP contribution is 2.22. The fraction of sp³-hybridized carbons (Fsp3) is 0.133. The third kappa shape index (κ3) is 2.64. The Morgan fingerprint density at radius 1 is 0.944 bits per heavy atom. The highest BCUT2D eigenvalue weighted by molar-refractivity contribution is 5.64. The van der Waals surface area contributed by atoms with Crippen molar-refractivity contribution < 1.29 is 9.90 Å². The van der Waals surface area contributed by atoms with E-state index in [1.165, 1.54) is 0 Å². The molecule has 0 heterocycles. The smallest absolute Gasteiger partial charge is 0.139 e. The number of carbonyl (C=O) groups excluding carboxylic acids is 1. The fourth-order valence-electron chi connectivity index (χ4n) is 1.80. The van der Waals surface area contributed by atoms with Crippen LogP contribution in [0.4, 0.5) is 0 Å². The van der Waals surface area contributed by atoms with E-state index in [1.807, 2.05) is 42.5 Å². The summed E-state index contributed by atoms with van der Waals surface area (Å²) >= 11 is 0. The second-order valence-electron chi connectivity index (χ2n) is 4.15. The van der Waals surface area contributed by atoms with Crippen molar-refractivity contribution >= 4 is 6.29 Å². The van der Waals surface area contributed by atoms with Gasteiger partial charge < -0.3 is 15.6 Å². The summed E-state index contributed by atoms with van der Waals surface area (Å²) in [6.45, 7) is 0. The van der Waals surface area contributed by atoms with Gasteiger partial charge in [-0.3, -0.25) is 0 Å². The molecule has 0 spiro atoms. The fourth-order valence-corrected chi connectivity index (χ4v) is 1.80. The second-order valence-corrected chi connectivity index (χ2v) is 4.15. The highest BCUT2D eigenvalue weighted by atomic mass is 16.3. The molecule has 18 heavy (non-hydrogen) atoms. The topological polar surface area (TPSA) is 63.3 Å². The highest BCUT2D eigenvalue weighted by Gasteiger charge is 2.15. The lowest BCUT2D eigenvalue weighted by atomic mass is 9.99. The molecule has 92 valence electrons. The van der Waals surface area contributed by atoms with Crippen LogP contribution in [-0.2, 0) is 4.79 Å². The molecule has 2 atom stereocenters. The van der Waals surface area contributed by atoms with Gasteiger partial charge in [0.2, 0.25) is 0 Å². The number of hydrogen-bond donors (Lipinski definition) is 2. The first kappa shape index (κ1) is 12.5. The molecular weight excluding hydrogens is 226 g/mol. The molecule has 0 fully saturated rings. The molecular formula is C15H15NO2. The van der Waals surface area contributed by atoms with Crippen molar-refractivity contribution in [2.24, 2.45) is 5.73 Å². The molecule has 2 rings (SSSR count). The van der Waals surface area contributed by atoms with E-state index in [9.17, 15) is 9.90 Å². The van der Waals surface area contributed by atoms with Crippen LogP contribution in [0, 0.1) is 0 Å². The first-order valence-corrected chi connectivity index (χ1v) is 5.76. The number of aliphatic hydroxyl groups excluding tert-OH is 1. The number of benzene rings is 2. The molecule has 0 aliphatic carbocycles. The van der Waals surface area contributed by atoms with E-state index >= 15 is 0 Å². The molecule has 2 unspecified atom stereocenters. The molecule has 0 bridgehead atoms. The normalized spacial score (nSPS) is 13.9. The Kier molecular flexibility index (Phi) is 3.87. The van der Waals surface area contributed by atoms with Crippen LogP contribution in [0.15, 0.2) is 54.6 Å². The van der Waals surface area contributed by atoms with Crippen molar-refractivity contribution in [2.45, 2.75) is 12.1 Å². The van der Waals surface area contributed by atoms with E-state index in [2.05, 4.69) is 0 Å². The van der Waals surface area contributed by atoms with Crippen LogP contribution in [0.5, 0.6) is 0 Å². The third-order valence-electron chi connectivity index (χ3n) is 2.88. The molecule has 0 aliphatic rings. The van der Waals surface area contributed by atoms with Gasteiger partial charge in [-0.1, -0.05) is 54.6 Å². The van der Waals surface area contributed by atoms with E-state index in [-0.39, 0.29) is 0 Å². The Labute approximate surface area is 106 Å². The largest absolute Gasteiger partial charge is 0.386 e. The zero-order chi connectivity index (χ0) is 13.0. The molecule has 0 aliphatic heterocycles. The van der Waals surface area contributed by atoms with Crippen LogP contribution >= 0.6 is 0 Å². The van der Waals surface area contributed by atoms with Gasteiger partial charge in [0.1, 0.15) is 12.4 Å². The van der Waals surface area contributed by atoms with Crippen molar-refractivity contribution in [1.82, 2.24) is 0 Å². The lowest BCUT2D eigenvalue weighted by Gasteiger charge is -2.14. The van der Waals surface area contributed by atoms with Gasteiger partial charge >= 0.3 is 0 Å². The summed E-state index contributed by atoms with van der Waals surface area (Å²) in [7, 11) is 0. The number of nitrogens with two attached hydrogens (primary N) is 1. The molecule has 0 amide bonds. The van der Waals surface area contributed by atoms with Crippen molar-refractivity contribution in [2.75, 3.05) is 0 Å². The Bertz CT molecular complexity index is 508. The van der Waals surface area contributed by atoms with Crippen molar-refractivity contribution in [3.63, 3.8) is 0 Å². The summed E-state index contributed by atoms with van der Waals surface area (Å²) in [6.07, 6.45) is -0.400. The Balaban J connectivity index is 2.23. The molecule has 3 N–H and O–H groups in total. The Morgan fingerprint density at radius 2 is 1.50 bits per heavy atom. The molecule has 2 aromatic rings. The number of hydrogen-bond acceptors (Lipinski definition) is 3. The summed E-state index contributed by atoms with van der Waals surface area (Å²) in [5.41, 5.74) is 8.30. The van der Waals surface area contributed by atoms with E-state index in [1.54, 1.807) is 12.1 Å². The summed E-state index contributed by atoms with van der Waals surface area (Å²) in [6, 6.07) is 16.5. The van der Waals surface area contributed by atoms with Crippen LogP contribution in [0.3, 0.4) is 0 Å². The molecule has 3 nitrogen and oxygen atoms in total. The predicted octanol–water partition coefficient (Wildman–Crippen LogP) is 1.91. The van der Waals surface area contributed by atoms with Crippen molar-refractivity contribution in [1.29, 1.82) is 0 Å². The maximum atomic E-state index is 10.5. The lowest BCUT2D eigenvalue weighted by molar-refractivity contribution is -0.111. The average molecular weight is 241 g/mol. The maximum absolute atomic E-state index is 10.5. The minimum absolute atomic E-state index is 0.551.